The van der Waals surface area contributed by atoms with Crippen molar-refractivity contribution in [3.05, 3.63) is 41.5 Å². The summed E-state index contributed by atoms with van der Waals surface area (Å²) in [5.41, 5.74) is 2.11. The van der Waals surface area contributed by atoms with Gasteiger partial charge in [-0.25, -0.2) is 0 Å². The minimum atomic E-state index is 0.250. The van der Waals surface area contributed by atoms with Crippen molar-refractivity contribution in [3.63, 3.8) is 0 Å². The van der Waals surface area contributed by atoms with Crippen molar-refractivity contribution in [3.8, 4) is 17.6 Å². The highest BCUT2D eigenvalue weighted by molar-refractivity contribution is 6.50. The summed E-state index contributed by atoms with van der Waals surface area (Å²) in [7, 11) is 1.58. The summed E-state index contributed by atoms with van der Waals surface area (Å²) >= 11 is 12.2. The average molecular weight is 368 g/mol. The molecule has 1 aromatic carbocycles. The van der Waals surface area contributed by atoms with E-state index in [2.05, 4.69) is 26.5 Å². The smallest absolute Gasteiger partial charge is 0.161 e. The van der Waals surface area contributed by atoms with Crippen molar-refractivity contribution >= 4 is 28.2 Å². The van der Waals surface area contributed by atoms with Gasteiger partial charge < -0.3 is 9.47 Å². The van der Waals surface area contributed by atoms with Gasteiger partial charge in [-0.05, 0) is 36.5 Å². The topological polar surface area (TPSA) is 42.2 Å². The van der Waals surface area contributed by atoms with E-state index in [0.717, 1.165) is 24.0 Å². The maximum Gasteiger partial charge on any atom is 0.161 e. The number of allylic oxidation sites excluding steroid dienone is 2. The molecule has 0 aliphatic carbocycles. The highest BCUT2D eigenvalue weighted by atomic mass is 35.5. The zero-order valence-corrected chi connectivity index (χ0v) is 15.9. The van der Waals surface area contributed by atoms with Gasteiger partial charge in [0.2, 0.25) is 0 Å². The van der Waals surface area contributed by atoms with Crippen LogP contribution < -0.4 is 9.47 Å². The minimum Gasteiger partial charge on any atom is -0.493 e. The number of halogens is 2. The Morgan fingerprint density at radius 3 is 2.62 bits per heavy atom. The Labute approximate surface area is 154 Å². The van der Waals surface area contributed by atoms with Crippen LogP contribution in [0.1, 0.15) is 43.7 Å². The van der Waals surface area contributed by atoms with E-state index in [1.54, 1.807) is 7.11 Å². The molecule has 0 saturated heterocycles. The SMILES string of the molecule is C=C/C(C#N)=C(/Cl)c1cc(OC)c(OCCCCl)cc1C(C)CC. The molecule has 0 radical (unpaired) electrons. The fourth-order valence-corrected chi connectivity index (χ4v) is 2.62. The fraction of sp³-hybridized carbons (Fsp3) is 0.421. The first-order valence-electron chi connectivity index (χ1n) is 7.87. The molecule has 0 aromatic heterocycles. The second-order valence-electron chi connectivity index (χ2n) is 5.33. The van der Waals surface area contributed by atoms with Gasteiger partial charge in [0.05, 0.1) is 24.3 Å². The van der Waals surface area contributed by atoms with Crippen LogP contribution in [0.4, 0.5) is 0 Å². The van der Waals surface area contributed by atoms with Crippen LogP contribution in [-0.2, 0) is 0 Å². The van der Waals surface area contributed by atoms with Crippen molar-refractivity contribution in [1.29, 1.82) is 5.26 Å². The van der Waals surface area contributed by atoms with Crippen LogP contribution >= 0.6 is 23.2 Å². The number of methoxy groups -OCH3 is 1. The third-order valence-corrected chi connectivity index (χ3v) is 4.49. The largest absolute Gasteiger partial charge is 0.493 e. The van der Waals surface area contributed by atoms with E-state index < -0.39 is 0 Å². The molecular weight excluding hydrogens is 345 g/mol. The molecule has 1 atom stereocenters. The molecule has 0 N–H and O–H groups in total. The van der Waals surface area contributed by atoms with Crippen molar-refractivity contribution in [2.24, 2.45) is 0 Å². The summed E-state index contributed by atoms with van der Waals surface area (Å²) in [5, 5.41) is 9.61. The van der Waals surface area contributed by atoms with E-state index in [1.807, 2.05) is 12.1 Å². The molecule has 0 saturated carbocycles. The summed E-state index contributed by atoms with van der Waals surface area (Å²) in [5.74, 6) is 2.02. The van der Waals surface area contributed by atoms with Gasteiger partial charge >= 0.3 is 0 Å². The molecule has 3 nitrogen and oxygen atoms in total. The van der Waals surface area contributed by atoms with Gasteiger partial charge in [0, 0.05) is 11.4 Å². The molecule has 1 rings (SSSR count). The number of nitriles is 1. The lowest BCUT2D eigenvalue weighted by atomic mass is 9.92. The van der Waals surface area contributed by atoms with Crippen molar-refractivity contribution < 1.29 is 9.47 Å². The molecule has 0 fully saturated rings. The zero-order valence-electron chi connectivity index (χ0n) is 14.4. The molecule has 1 unspecified atom stereocenters. The van der Waals surface area contributed by atoms with E-state index in [-0.39, 0.29) is 5.92 Å². The summed E-state index contributed by atoms with van der Waals surface area (Å²) in [6.45, 7) is 8.37. The highest BCUT2D eigenvalue weighted by Gasteiger charge is 2.19. The molecule has 0 spiro atoms. The predicted octanol–water partition coefficient (Wildman–Crippen LogP) is 5.88. The van der Waals surface area contributed by atoms with E-state index in [0.29, 0.717) is 34.6 Å². The lowest BCUT2D eigenvalue weighted by Crippen LogP contribution is -2.04. The van der Waals surface area contributed by atoms with Crippen molar-refractivity contribution in [1.82, 2.24) is 0 Å². The van der Waals surface area contributed by atoms with Crippen LogP contribution in [0.5, 0.6) is 11.5 Å². The number of ether oxygens (including phenoxy) is 2. The van der Waals surface area contributed by atoms with E-state index in [1.165, 1.54) is 6.08 Å². The van der Waals surface area contributed by atoms with Gasteiger partial charge in [-0.15, -0.1) is 11.6 Å². The first kappa shape index (κ1) is 20.4. The Morgan fingerprint density at radius 2 is 2.12 bits per heavy atom. The molecule has 0 amide bonds. The van der Waals surface area contributed by atoms with Gasteiger partial charge in [0.1, 0.15) is 6.07 Å². The Balaban J connectivity index is 3.50. The molecule has 130 valence electrons. The molecule has 1 aromatic rings. The molecular formula is C19H23Cl2NO2. The third kappa shape index (κ3) is 4.93. The van der Waals surface area contributed by atoms with Gasteiger partial charge in [-0.2, -0.15) is 5.26 Å². The molecule has 0 aliphatic heterocycles. The highest BCUT2D eigenvalue weighted by Crippen LogP contribution is 2.40. The summed E-state index contributed by atoms with van der Waals surface area (Å²) < 4.78 is 11.2. The number of hydrogen-bond donors (Lipinski definition) is 0. The Hall–Kier alpha value is -1.63. The van der Waals surface area contributed by atoms with Crippen LogP contribution in [0.25, 0.3) is 5.03 Å². The van der Waals surface area contributed by atoms with E-state index in [4.69, 9.17) is 32.7 Å². The molecule has 24 heavy (non-hydrogen) atoms. The summed E-state index contributed by atoms with van der Waals surface area (Å²) in [4.78, 5) is 0. The second kappa shape index (κ2) is 10.3. The maximum absolute atomic E-state index is 9.24. The monoisotopic (exact) mass is 367 g/mol. The van der Waals surface area contributed by atoms with Crippen molar-refractivity contribution in [2.75, 3.05) is 19.6 Å². The van der Waals surface area contributed by atoms with E-state index in [9.17, 15) is 5.26 Å². The summed E-state index contributed by atoms with van der Waals surface area (Å²) in [6.07, 6.45) is 3.14. The maximum atomic E-state index is 9.24. The van der Waals surface area contributed by atoms with Gasteiger partial charge in [0.15, 0.2) is 11.5 Å². The zero-order chi connectivity index (χ0) is 18.1. The average Bonchev–Trinajstić information content (AvgIpc) is 2.61. The van der Waals surface area contributed by atoms with Crippen LogP contribution in [-0.4, -0.2) is 19.6 Å². The Bertz CT molecular complexity index is 648. The Morgan fingerprint density at radius 1 is 1.42 bits per heavy atom. The second-order valence-corrected chi connectivity index (χ2v) is 6.09. The lowest BCUT2D eigenvalue weighted by molar-refractivity contribution is 0.294. The number of nitrogens with zero attached hydrogens (tertiary/aromatic N) is 1. The first-order valence-corrected chi connectivity index (χ1v) is 8.78. The van der Waals surface area contributed by atoms with Gasteiger partial charge in [-0.3, -0.25) is 0 Å². The normalized spacial score (nSPS) is 12.8. The van der Waals surface area contributed by atoms with Crippen LogP contribution in [0.2, 0.25) is 0 Å². The van der Waals surface area contributed by atoms with Crippen LogP contribution in [0.3, 0.4) is 0 Å². The molecule has 5 heteroatoms. The quantitative estimate of drug-likeness (QED) is 0.237. The fourth-order valence-electron chi connectivity index (χ4n) is 2.23. The predicted molar refractivity (Wildman–Crippen MR) is 101 cm³/mol. The molecule has 0 bridgehead atoms. The van der Waals surface area contributed by atoms with Crippen LogP contribution in [0, 0.1) is 11.3 Å². The Kier molecular flexibility index (Phi) is 8.74. The molecule has 0 aliphatic rings. The minimum absolute atomic E-state index is 0.250. The van der Waals surface area contributed by atoms with Gasteiger partial charge in [0.25, 0.3) is 0 Å². The molecule has 0 heterocycles. The number of hydrogen-bond acceptors (Lipinski definition) is 3. The standard InChI is InChI=1S/C19H23Cl2NO2/c1-5-13(3)15-10-18(24-9-7-8-20)17(23-4)11-16(15)19(21)14(6-2)12-22/h6,10-11,13H,2,5,7-9H2,1,3-4H3/b19-14-. The lowest BCUT2D eigenvalue weighted by Gasteiger charge is -2.19. The van der Waals surface area contributed by atoms with E-state index >= 15 is 0 Å². The number of benzene rings is 1. The van der Waals surface area contributed by atoms with Gasteiger partial charge in [-0.1, -0.05) is 38.1 Å². The van der Waals surface area contributed by atoms with Crippen LogP contribution in [0.15, 0.2) is 30.4 Å². The first-order chi connectivity index (χ1) is 11.5. The number of rotatable bonds is 9. The number of alkyl halides is 1. The van der Waals surface area contributed by atoms with Crippen molar-refractivity contribution in [2.45, 2.75) is 32.6 Å². The third-order valence-electron chi connectivity index (χ3n) is 3.81. The summed E-state index contributed by atoms with van der Waals surface area (Å²) in [6, 6.07) is 5.83.